The van der Waals surface area contributed by atoms with Gasteiger partial charge in [0.15, 0.2) is 5.13 Å². The fourth-order valence-corrected chi connectivity index (χ4v) is 9.13. The van der Waals surface area contributed by atoms with Gasteiger partial charge in [0.05, 0.1) is 10.9 Å². The Labute approximate surface area is 263 Å². The van der Waals surface area contributed by atoms with Crippen LogP contribution in [0, 0.1) is 5.92 Å². The van der Waals surface area contributed by atoms with Crippen LogP contribution in [-0.4, -0.2) is 105 Å². The topological polar surface area (TPSA) is 102 Å². The first kappa shape index (κ1) is 30.7. The van der Waals surface area contributed by atoms with Crippen molar-refractivity contribution in [2.24, 2.45) is 5.92 Å². The number of anilines is 2. The van der Waals surface area contributed by atoms with Crippen LogP contribution in [0.15, 0.2) is 35.2 Å². The molecule has 1 N–H and O–H groups in total. The second-order valence-corrected chi connectivity index (χ2v) is 15.4. The van der Waals surface area contributed by atoms with E-state index in [0.717, 1.165) is 60.7 Å². The fraction of sp³-hybridized carbons (Fsp3) is 0.567. The average Bonchev–Trinajstić information content (AvgIpc) is 3.65. The van der Waals surface area contributed by atoms with Crippen molar-refractivity contribution in [2.45, 2.75) is 42.9 Å². The second kappa shape index (κ2) is 12.9. The van der Waals surface area contributed by atoms with Gasteiger partial charge in [0.25, 0.3) is 0 Å². The molecule has 1 atom stereocenters. The molecule has 1 aromatic carbocycles. The quantitative estimate of drug-likeness (QED) is 0.386. The highest BCUT2D eigenvalue weighted by atomic mass is 35.5. The summed E-state index contributed by atoms with van der Waals surface area (Å²) in [6.45, 7) is 6.07. The lowest BCUT2D eigenvalue weighted by molar-refractivity contribution is -0.118. The normalized spacial score (nSPS) is 20.6. The van der Waals surface area contributed by atoms with Gasteiger partial charge in [0.1, 0.15) is 21.1 Å². The maximum atomic E-state index is 13.8. The summed E-state index contributed by atoms with van der Waals surface area (Å²) in [5, 5.41) is 3.73. The molecule has 2 aromatic heterocycles. The van der Waals surface area contributed by atoms with Gasteiger partial charge in [-0.1, -0.05) is 54.7 Å². The van der Waals surface area contributed by atoms with Crippen LogP contribution < -0.4 is 10.2 Å². The third-order valence-electron chi connectivity index (χ3n) is 9.10. The van der Waals surface area contributed by atoms with E-state index in [1.807, 2.05) is 19.2 Å². The Morgan fingerprint density at radius 3 is 2.33 bits per heavy atom. The summed E-state index contributed by atoms with van der Waals surface area (Å²) in [5.41, 5.74) is 1.48. The summed E-state index contributed by atoms with van der Waals surface area (Å²) in [5.74, 6) is 0.742. The Morgan fingerprint density at radius 1 is 0.977 bits per heavy atom. The first-order valence-electron chi connectivity index (χ1n) is 15.2. The van der Waals surface area contributed by atoms with E-state index in [2.05, 4.69) is 32.0 Å². The molecule has 0 bridgehead atoms. The zero-order chi connectivity index (χ0) is 30.1. The lowest BCUT2D eigenvalue weighted by Crippen LogP contribution is -2.47. The highest BCUT2D eigenvalue weighted by Crippen LogP contribution is 2.37. The predicted molar refractivity (Wildman–Crippen MR) is 173 cm³/mol. The molecule has 3 aromatic rings. The minimum Gasteiger partial charge on any atom is -0.354 e. The Bertz CT molecular complexity index is 1560. The number of sulfonamides is 1. The molecule has 232 valence electrons. The third-order valence-corrected chi connectivity index (χ3v) is 12.4. The van der Waals surface area contributed by atoms with E-state index in [4.69, 9.17) is 16.6 Å². The van der Waals surface area contributed by atoms with Gasteiger partial charge < -0.3 is 20.0 Å². The molecule has 43 heavy (non-hydrogen) atoms. The lowest BCUT2D eigenvalue weighted by Gasteiger charge is -2.33. The molecule has 0 radical (unpaired) electrons. The molecule has 0 unspecified atom stereocenters. The van der Waals surface area contributed by atoms with Crippen molar-refractivity contribution < 1.29 is 13.2 Å². The van der Waals surface area contributed by atoms with Crippen molar-refractivity contribution in [1.82, 2.24) is 24.1 Å². The van der Waals surface area contributed by atoms with E-state index < -0.39 is 15.9 Å². The molecule has 6 rings (SSSR count). The van der Waals surface area contributed by atoms with Crippen molar-refractivity contribution in [3.63, 3.8) is 0 Å². The number of hydrogen-bond donors (Lipinski definition) is 1. The predicted octanol–water partition coefficient (Wildman–Crippen LogP) is 4.34. The van der Waals surface area contributed by atoms with Crippen LogP contribution in [0.2, 0.25) is 5.02 Å². The highest BCUT2D eigenvalue weighted by molar-refractivity contribution is 7.89. The molecule has 2 saturated heterocycles. The number of aromatic nitrogens is 2. The van der Waals surface area contributed by atoms with Crippen LogP contribution >= 0.6 is 22.9 Å². The number of likely N-dealkylation sites (N-methyl/N-ethyl adjacent to an activating group) is 2. The fourth-order valence-electron chi connectivity index (χ4n) is 6.35. The number of amides is 1. The number of thiazole rings is 1. The number of nitrogens with zero attached hydrogens (tertiary/aromatic N) is 6. The number of carbonyl (C=O) groups excluding carboxylic acids is 1. The molecule has 4 heterocycles. The van der Waals surface area contributed by atoms with Crippen LogP contribution in [0.1, 0.15) is 43.6 Å². The molecule has 1 amide bonds. The van der Waals surface area contributed by atoms with Gasteiger partial charge >= 0.3 is 0 Å². The van der Waals surface area contributed by atoms with Crippen LogP contribution in [0.5, 0.6) is 0 Å². The summed E-state index contributed by atoms with van der Waals surface area (Å²) in [6, 6.07) is 8.98. The number of benzene rings is 1. The van der Waals surface area contributed by atoms with Gasteiger partial charge in [0.2, 0.25) is 15.9 Å². The van der Waals surface area contributed by atoms with Crippen molar-refractivity contribution in [1.29, 1.82) is 0 Å². The van der Waals surface area contributed by atoms with Gasteiger partial charge in [-0.25, -0.2) is 18.4 Å². The van der Waals surface area contributed by atoms with E-state index in [-0.39, 0.29) is 15.8 Å². The van der Waals surface area contributed by atoms with E-state index in [1.54, 1.807) is 18.2 Å². The molecule has 3 fully saturated rings. The molecule has 3 aliphatic rings. The molecule has 1 saturated carbocycles. The number of fused-ring (bicyclic) bond motifs is 1. The Morgan fingerprint density at radius 2 is 1.65 bits per heavy atom. The van der Waals surface area contributed by atoms with E-state index in [1.165, 1.54) is 28.5 Å². The van der Waals surface area contributed by atoms with Crippen LogP contribution in [0.25, 0.3) is 10.3 Å². The molecular weight excluding hydrogens is 606 g/mol. The first-order chi connectivity index (χ1) is 20.7. The smallest absolute Gasteiger partial charge is 0.244 e. The van der Waals surface area contributed by atoms with Crippen LogP contribution in [-0.2, 0) is 14.8 Å². The first-order valence-corrected chi connectivity index (χ1v) is 17.8. The lowest BCUT2D eigenvalue weighted by atomic mass is 9.87. The maximum Gasteiger partial charge on any atom is 0.244 e. The minimum absolute atomic E-state index is 0.0934. The third kappa shape index (κ3) is 6.84. The van der Waals surface area contributed by atoms with Crippen LogP contribution in [0.4, 0.5) is 10.9 Å². The summed E-state index contributed by atoms with van der Waals surface area (Å²) in [6.07, 6.45) is 5.20. The average molecular weight is 646 g/mol. The largest absolute Gasteiger partial charge is 0.354 e. The van der Waals surface area contributed by atoms with Gasteiger partial charge in [-0.3, -0.25) is 4.79 Å². The second-order valence-electron chi connectivity index (χ2n) is 12.1. The number of halogens is 1. The van der Waals surface area contributed by atoms with Crippen molar-refractivity contribution in [3.05, 3.63) is 40.9 Å². The molecular formula is C30H40ClN7O3S2. The van der Waals surface area contributed by atoms with E-state index in [0.29, 0.717) is 43.6 Å². The summed E-state index contributed by atoms with van der Waals surface area (Å²) >= 11 is 8.03. The van der Waals surface area contributed by atoms with Gasteiger partial charge in [0, 0.05) is 52.4 Å². The molecule has 0 spiro atoms. The summed E-state index contributed by atoms with van der Waals surface area (Å²) in [7, 11) is 0.388. The van der Waals surface area contributed by atoms with Crippen molar-refractivity contribution in [2.75, 3.05) is 76.7 Å². The number of piperazine rings is 2. The minimum atomic E-state index is -3.73. The summed E-state index contributed by atoms with van der Waals surface area (Å²) < 4.78 is 28.3. The van der Waals surface area contributed by atoms with E-state index in [9.17, 15) is 13.2 Å². The zero-order valence-corrected chi connectivity index (χ0v) is 27.2. The molecule has 13 heteroatoms. The van der Waals surface area contributed by atoms with Crippen molar-refractivity contribution in [3.8, 4) is 0 Å². The van der Waals surface area contributed by atoms with Crippen molar-refractivity contribution >= 4 is 60.2 Å². The monoisotopic (exact) mass is 645 g/mol. The van der Waals surface area contributed by atoms with Gasteiger partial charge in [-0.2, -0.15) is 4.31 Å². The number of pyridine rings is 1. The van der Waals surface area contributed by atoms with E-state index >= 15 is 0 Å². The highest BCUT2D eigenvalue weighted by Gasteiger charge is 2.32. The number of carbonyl (C=O) groups is 1. The Kier molecular flexibility index (Phi) is 9.23. The molecule has 1 aliphatic carbocycles. The van der Waals surface area contributed by atoms with Crippen LogP contribution in [0.3, 0.4) is 0 Å². The Hall–Kier alpha value is -2.35. The van der Waals surface area contributed by atoms with Gasteiger partial charge in [-0.05, 0) is 56.3 Å². The zero-order valence-electron chi connectivity index (χ0n) is 24.8. The SMILES string of the molecule is CN1CCN(c2ccc3nc(NC(=O)[C@H](CC4CCCC4)c4ccc(S(=O)(=O)N5CCN(C)CC5)c(Cl)c4)sc3n2)CC1. The summed E-state index contributed by atoms with van der Waals surface area (Å²) in [4.78, 5) is 30.9. The Balaban J connectivity index is 1.22. The molecule has 10 nitrogen and oxygen atoms in total. The standard InChI is InChI=1S/C30H40ClN7O3S2/c1-35-11-15-37(16-12-35)27-10-8-25-29(33-27)42-30(32-25)34-28(39)23(19-21-5-3-4-6-21)22-7-9-26(24(31)20-22)43(40,41)38-17-13-36(2)14-18-38/h7-10,20-21,23H,3-6,11-19H2,1-2H3,(H,32,34,39)/t23-/m1/s1. The number of nitrogens with one attached hydrogen (secondary N) is 1. The number of hydrogen-bond acceptors (Lipinski definition) is 9. The molecule has 2 aliphatic heterocycles. The van der Waals surface area contributed by atoms with Gasteiger partial charge in [-0.15, -0.1) is 0 Å². The number of rotatable bonds is 8. The maximum absolute atomic E-state index is 13.8.